The van der Waals surface area contributed by atoms with Crippen molar-refractivity contribution in [3.63, 3.8) is 0 Å². The lowest BCUT2D eigenvalue weighted by Gasteiger charge is -2.38. The minimum absolute atomic E-state index is 0.684. The van der Waals surface area contributed by atoms with Crippen LogP contribution in [0.4, 0.5) is 0 Å². The Labute approximate surface area is 131 Å². The first-order valence-electron chi connectivity index (χ1n) is 6.87. The summed E-state index contributed by atoms with van der Waals surface area (Å²) < 4.78 is 6.74. The normalized spacial score (nSPS) is 16.0. The highest BCUT2D eigenvalue weighted by atomic mass is 79.9. The average Bonchev–Trinajstić information content (AvgIpc) is 2.42. The van der Waals surface area contributed by atoms with Crippen molar-refractivity contribution in [3.05, 3.63) is 58.6 Å². The Morgan fingerprint density at radius 2 is 1.52 bits per heavy atom. The average molecular weight is 347 g/mol. The molecule has 0 aliphatic heterocycles. The zero-order valence-electron chi connectivity index (χ0n) is 11.4. The van der Waals surface area contributed by atoms with E-state index in [2.05, 4.69) is 15.9 Å². The number of aliphatic carboxylic acids is 1. The number of carboxylic acids is 1. The largest absolute Gasteiger partial charge is 0.481 e. The van der Waals surface area contributed by atoms with Gasteiger partial charge in [0, 0.05) is 4.47 Å². The molecule has 3 rings (SSSR count). The SMILES string of the molecule is O=C(O)C1(c2ccc(Oc3ccc(Br)cc3)cc2)CCC1. The van der Waals surface area contributed by atoms with Crippen LogP contribution in [-0.4, -0.2) is 11.1 Å². The summed E-state index contributed by atoms with van der Waals surface area (Å²) >= 11 is 3.38. The van der Waals surface area contributed by atoms with E-state index in [0.29, 0.717) is 5.75 Å². The summed E-state index contributed by atoms with van der Waals surface area (Å²) in [7, 11) is 0. The van der Waals surface area contributed by atoms with Crippen LogP contribution < -0.4 is 4.74 Å². The molecule has 2 aromatic carbocycles. The van der Waals surface area contributed by atoms with Gasteiger partial charge in [-0.1, -0.05) is 34.5 Å². The summed E-state index contributed by atoms with van der Waals surface area (Å²) in [6.07, 6.45) is 2.41. The van der Waals surface area contributed by atoms with Gasteiger partial charge in [-0.25, -0.2) is 0 Å². The van der Waals surface area contributed by atoms with E-state index in [1.807, 2.05) is 48.5 Å². The number of ether oxygens (including phenoxy) is 1. The van der Waals surface area contributed by atoms with Gasteiger partial charge in [0.05, 0.1) is 5.41 Å². The minimum atomic E-state index is -0.727. The fourth-order valence-corrected chi connectivity index (χ4v) is 2.90. The van der Waals surface area contributed by atoms with Crippen molar-refractivity contribution < 1.29 is 14.6 Å². The Balaban J connectivity index is 1.78. The van der Waals surface area contributed by atoms with Crippen molar-refractivity contribution >= 4 is 21.9 Å². The second-order valence-corrected chi connectivity index (χ2v) is 6.24. The van der Waals surface area contributed by atoms with Gasteiger partial charge in [0.1, 0.15) is 11.5 Å². The smallest absolute Gasteiger partial charge is 0.314 e. The topological polar surface area (TPSA) is 46.5 Å². The zero-order valence-corrected chi connectivity index (χ0v) is 13.0. The molecule has 0 heterocycles. The van der Waals surface area contributed by atoms with Crippen LogP contribution in [0.25, 0.3) is 0 Å². The van der Waals surface area contributed by atoms with Crippen LogP contribution in [0.3, 0.4) is 0 Å². The number of carbonyl (C=O) groups is 1. The van der Waals surface area contributed by atoms with Gasteiger partial charge < -0.3 is 9.84 Å². The first-order chi connectivity index (χ1) is 10.1. The van der Waals surface area contributed by atoms with Crippen LogP contribution in [0, 0.1) is 0 Å². The molecule has 0 amide bonds. The Kier molecular flexibility index (Phi) is 3.72. The van der Waals surface area contributed by atoms with Gasteiger partial charge in [-0.2, -0.15) is 0 Å². The van der Waals surface area contributed by atoms with Crippen molar-refractivity contribution in [2.75, 3.05) is 0 Å². The molecule has 1 saturated carbocycles. The second kappa shape index (κ2) is 5.53. The van der Waals surface area contributed by atoms with Gasteiger partial charge >= 0.3 is 5.97 Å². The van der Waals surface area contributed by atoms with Crippen LogP contribution in [0.1, 0.15) is 24.8 Å². The van der Waals surface area contributed by atoms with Gasteiger partial charge in [0.15, 0.2) is 0 Å². The molecule has 21 heavy (non-hydrogen) atoms. The molecular weight excluding hydrogens is 332 g/mol. The standard InChI is InChI=1S/C17H15BrO3/c18-13-4-8-15(9-5-13)21-14-6-2-12(3-7-14)17(16(19)20)10-1-11-17/h2-9H,1,10-11H2,(H,19,20). The number of hydrogen-bond acceptors (Lipinski definition) is 2. The molecule has 0 saturated heterocycles. The third kappa shape index (κ3) is 2.68. The Bertz CT molecular complexity index is 643. The van der Waals surface area contributed by atoms with E-state index in [9.17, 15) is 9.90 Å². The molecule has 0 atom stereocenters. The molecule has 0 bridgehead atoms. The molecule has 1 aliphatic carbocycles. The molecule has 1 aliphatic rings. The van der Waals surface area contributed by atoms with Crippen molar-refractivity contribution in [1.82, 2.24) is 0 Å². The van der Waals surface area contributed by atoms with E-state index < -0.39 is 11.4 Å². The summed E-state index contributed by atoms with van der Waals surface area (Å²) in [5.74, 6) is 0.735. The van der Waals surface area contributed by atoms with E-state index >= 15 is 0 Å². The highest BCUT2D eigenvalue weighted by Crippen LogP contribution is 2.44. The summed E-state index contributed by atoms with van der Waals surface area (Å²) in [6.45, 7) is 0. The highest BCUT2D eigenvalue weighted by Gasteiger charge is 2.45. The third-order valence-corrected chi connectivity index (χ3v) is 4.60. The fraction of sp³-hybridized carbons (Fsp3) is 0.235. The quantitative estimate of drug-likeness (QED) is 0.868. The number of halogens is 1. The lowest BCUT2D eigenvalue weighted by atomic mass is 9.64. The molecule has 3 nitrogen and oxygen atoms in total. The molecule has 4 heteroatoms. The molecule has 2 aromatic rings. The van der Waals surface area contributed by atoms with Gasteiger partial charge in [0.2, 0.25) is 0 Å². The van der Waals surface area contributed by atoms with Crippen LogP contribution >= 0.6 is 15.9 Å². The maximum absolute atomic E-state index is 11.5. The highest BCUT2D eigenvalue weighted by molar-refractivity contribution is 9.10. The lowest BCUT2D eigenvalue weighted by Crippen LogP contribution is -2.42. The van der Waals surface area contributed by atoms with E-state index in [1.54, 1.807) is 0 Å². The van der Waals surface area contributed by atoms with Crippen LogP contribution in [-0.2, 0) is 10.2 Å². The molecular formula is C17H15BrO3. The van der Waals surface area contributed by atoms with E-state index in [0.717, 1.165) is 35.0 Å². The molecule has 0 spiro atoms. The van der Waals surface area contributed by atoms with Crippen molar-refractivity contribution in [2.45, 2.75) is 24.7 Å². The summed E-state index contributed by atoms with van der Waals surface area (Å²) in [4.78, 5) is 11.5. The monoisotopic (exact) mass is 346 g/mol. The lowest BCUT2D eigenvalue weighted by molar-refractivity contribution is -0.147. The maximum atomic E-state index is 11.5. The Hall–Kier alpha value is -1.81. The number of carboxylic acid groups (broad SMARTS) is 1. The van der Waals surface area contributed by atoms with Crippen molar-refractivity contribution in [1.29, 1.82) is 0 Å². The predicted octanol–water partition coefficient (Wildman–Crippen LogP) is 4.75. The Morgan fingerprint density at radius 3 is 1.95 bits per heavy atom. The molecule has 1 N–H and O–H groups in total. The molecule has 0 radical (unpaired) electrons. The van der Waals surface area contributed by atoms with Crippen LogP contribution in [0.5, 0.6) is 11.5 Å². The van der Waals surface area contributed by atoms with E-state index in [-0.39, 0.29) is 0 Å². The maximum Gasteiger partial charge on any atom is 0.314 e. The van der Waals surface area contributed by atoms with E-state index in [4.69, 9.17) is 4.74 Å². The molecule has 0 unspecified atom stereocenters. The van der Waals surface area contributed by atoms with Gasteiger partial charge in [-0.15, -0.1) is 0 Å². The number of rotatable bonds is 4. The Morgan fingerprint density at radius 1 is 1.00 bits per heavy atom. The number of benzene rings is 2. The molecule has 1 fully saturated rings. The summed E-state index contributed by atoms with van der Waals surface area (Å²) in [5, 5.41) is 9.43. The first kappa shape index (κ1) is 14.1. The molecule has 0 aromatic heterocycles. The van der Waals surface area contributed by atoms with Gasteiger partial charge in [0.25, 0.3) is 0 Å². The number of hydrogen-bond donors (Lipinski definition) is 1. The molecule has 108 valence electrons. The summed E-state index contributed by atoms with van der Waals surface area (Å²) in [5.41, 5.74) is 0.181. The van der Waals surface area contributed by atoms with Crippen LogP contribution in [0.15, 0.2) is 53.0 Å². The zero-order chi connectivity index (χ0) is 14.9. The minimum Gasteiger partial charge on any atom is -0.481 e. The fourth-order valence-electron chi connectivity index (χ4n) is 2.64. The van der Waals surface area contributed by atoms with E-state index in [1.165, 1.54) is 0 Å². The van der Waals surface area contributed by atoms with Gasteiger partial charge in [-0.3, -0.25) is 4.79 Å². The third-order valence-electron chi connectivity index (χ3n) is 4.07. The van der Waals surface area contributed by atoms with Crippen molar-refractivity contribution in [3.8, 4) is 11.5 Å². The first-order valence-corrected chi connectivity index (χ1v) is 7.67. The summed E-state index contributed by atoms with van der Waals surface area (Å²) in [6, 6.07) is 15.0. The van der Waals surface area contributed by atoms with Crippen molar-refractivity contribution in [2.24, 2.45) is 0 Å². The second-order valence-electron chi connectivity index (χ2n) is 5.32. The predicted molar refractivity (Wildman–Crippen MR) is 83.8 cm³/mol. The van der Waals surface area contributed by atoms with Crippen LogP contribution in [0.2, 0.25) is 0 Å². The van der Waals surface area contributed by atoms with Gasteiger partial charge in [-0.05, 0) is 54.8 Å².